The molecule has 1 heterocycles. The average Bonchev–Trinajstić information content (AvgIpc) is 3.32. The Hall–Kier alpha value is -3.36. The molecular weight excluding hydrogens is 485 g/mol. The summed E-state index contributed by atoms with van der Waals surface area (Å²) in [5, 5.41) is 3.11. The Morgan fingerprint density at radius 2 is 1.65 bits per heavy atom. The van der Waals surface area contributed by atoms with E-state index < -0.39 is 17.7 Å². The van der Waals surface area contributed by atoms with E-state index in [4.69, 9.17) is 21.3 Å². The molecule has 0 saturated carbocycles. The molecule has 0 bridgehead atoms. The first-order valence-electron chi connectivity index (χ1n) is 10.1. The van der Waals surface area contributed by atoms with Gasteiger partial charge in [0.1, 0.15) is 0 Å². The first kappa shape index (κ1) is 23.8. The maximum Gasteiger partial charge on any atom is 0.416 e. The number of carbonyl (C=O) groups is 1. The van der Waals surface area contributed by atoms with Gasteiger partial charge in [-0.15, -0.1) is 11.3 Å². The number of hydrogen-bond donors (Lipinski definition) is 0. The summed E-state index contributed by atoms with van der Waals surface area (Å²) in [5.41, 5.74) is 2.69. The molecule has 0 fully saturated rings. The predicted octanol–water partition coefficient (Wildman–Crippen LogP) is 7.61. The molecule has 3 aromatic carbocycles. The fraction of sp³-hybridized carbons (Fsp3) is 0.120. The third-order valence-electron chi connectivity index (χ3n) is 5.08. The van der Waals surface area contributed by atoms with Crippen LogP contribution in [0, 0.1) is 0 Å². The van der Waals surface area contributed by atoms with Gasteiger partial charge in [0.2, 0.25) is 0 Å². The number of ether oxygens (including phenoxy) is 1. The number of halogens is 4. The number of thiazole rings is 1. The lowest BCUT2D eigenvalue weighted by molar-refractivity contribution is -0.137. The zero-order valence-corrected chi connectivity index (χ0v) is 19.4. The van der Waals surface area contributed by atoms with E-state index >= 15 is 0 Å². The summed E-state index contributed by atoms with van der Waals surface area (Å²) in [4.78, 5) is 18.3. The van der Waals surface area contributed by atoms with Crippen molar-refractivity contribution in [1.82, 2.24) is 4.98 Å². The number of rotatable bonds is 6. The Balaban J connectivity index is 1.68. The van der Waals surface area contributed by atoms with E-state index in [1.54, 1.807) is 36.4 Å². The number of anilines is 2. The van der Waals surface area contributed by atoms with Gasteiger partial charge in [-0.3, -0.25) is 0 Å². The minimum atomic E-state index is -4.42. The van der Waals surface area contributed by atoms with Crippen molar-refractivity contribution in [2.24, 2.45) is 0 Å². The van der Waals surface area contributed by atoms with Gasteiger partial charge >= 0.3 is 12.1 Å². The number of methoxy groups -OCH3 is 1. The topological polar surface area (TPSA) is 42.4 Å². The highest BCUT2D eigenvalue weighted by atomic mass is 35.5. The van der Waals surface area contributed by atoms with Crippen molar-refractivity contribution >= 4 is 39.7 Å². The SMILES string of the molecule is COC(=O)c1ccc(CN(c2ccc(C(F)(F)F)cc2)c2nc(-c3ccc(Cl)cc3)cs2)cc1. The summed E-state index contributed by atoms with van der Waals surface area (Å²) in [6, 6.07) is 19.0. The van der Waals surface area contributed by atoms with Crippen LogP contribution in [0.1, 0.15) is 21.5 Å². The fourth-order valence-corrected chi connectivity index (χ4v) is 4.27. The summed E-state index contributed by atoms with van der Waals surface area (Å²) >= 11 is 7.35. The lowest BCUT2D eigenvalue weighted by Gasteiger charge is -2.23. The minimum Gasteiger partial charge on any atom is -0.465 e. The first-order chi connectivity index (χ1) is 16.2. The molecule has 4 nitrogen and oxygen atoms in total. The van der Waals surface area contributed by atoms with Crippen molar-refractivity contribution in [1.29, 1.82) is 0 Å². The fourth-order valence-electron chi connectivity index (χ4n) is 3.29. The van der Waals surface area contributed by atoms with Crippen molar-refractivity contribution in [3.8, 4) is 11.3 Å². The number of nitrogens with zero attached hydrogens (tertiary/aromatic N) is 2. The molecule has 0 atom stereocenters. The molecular formula is C25H18ClF3N2O2S. The molecule has 0 amide bonds. The monoisotopic (exact) mass is 502 g/mol. The van der Waals surface area contributed by atoms with Crippen LogP contribution in [0.25, 0.3) is 11.3 Å². The van der Waals surface area contributed by atoms with E-state index in [-0.39, 0.29) is 0 Å². The Bertz CT molecular complexity index is 1270. The van der Waals surface area contributed by atoms with Gasteiger partial charge in [-0.2, -0.15) is 13.2 Å². The molecule has 0 unspecified atom stereocenters. The number of hydrogen-bond acceptors (Lipinski definition) is 5. The molecule has 0 spiro atoms. The van der Waals surface area contributed by atoms with E-state index in [9.17, 15) is 18.0 Å². The number of benzene rings is 3. The molecule has 4 aromatic rings. The zero-order valence-electron chi connectivity index (χ0n) is 17.8. The highest BCUT2D eigenvalue weighted by Gasteiger charge is 2.30. The second kappa shape index (κ2) is 9.87. The molecule has 0 N–H and O–H groups in total. The molecule has 34 heavy (non-hydrogen) atoms. The zero-order chi connectivity index (χ0) is 24.3. The summed E-state index contributed by atoms with van der Waals surface area (Å²) < 4.78 is 43.9. The number of esters is 1. The van der Waals surface area contributed by atoms with Crippen LogP contribution >= 0.6 is 22.9 Å². The van der Waals surface area contributed by atoms with Crippen molar-refractivity contribution in [3.63, 3.8) is 0 Å². The summed E-state index contributed by atoms with van der Waals surface area (Å²) in [5.74, 6) is -0.446. The minimum absolute atomic E-state index is 0.334. The Kier molecular flexibility index (Phi) is 6.90. The highest BCUT2D eigenvalue weighted by Crippen LogP contribution is 2.36. The third kappa shape index (κ3) is 5.40. The Labute approximate surface area is 203 Å². The lowest BCUT2D eigenvalue weighted by atomic mass is 10.1. The largest absolute Gasteiger partial charge is 0.465 e. The standard InChI is InChI=1S/C25H18ClF3N2O2S/c1-33-23(32)18-4-2-16(3-5-18)14-31(21-12-8-19(9-13-21)25(27,28)29)24-30-22(15-34-24)17-6-10-20(26)11-7-17/h2-13,15H,14H2,1H3. The van der Waals surface area contributed by atoms with Crippen molar-refractivity contribution in [2.75, 3.05) is 12.0 Å². The van der Waals surface area contributed by atoms with E-state index in [0.717, 1.165) is 29.0 Å². The Morgan fingerprint density at radius 3 is 2.24 bits per heavy atom. The molecule has 174 valence electrons. The average molecular weight is 503 g/mol. The molecule has 0 radical (unpaired) electrons. The predicted molar refractivity (Wildman–Crippen MR) is 128 cm³/mol. The molecule has 0 saturated heterocycles. The Morgan fingerprint density at radius 1 is 1.00 bits per heavy atom. The van der Waals surface area contributed by atoms with Crippen LogP contribution in [0.5, 0.6) is 0 Å². The van der Waals surface area contributed by atoms with Crippen LogP contribution in [0.4, 0.5) is 24.0 Å². The maximum absolute atomic E-state index is 13.1. The van der Waals surface area contributed by atoms with E-state index in [0.29, 0.717) is 27.9 Å². The highest BCUT2D eigenvalue weighted by molar-refractivity contribution is 7.14. The normalized spacial score (nSPS) is 11.3. The van der Waals surface area contributed by atoms with Gasteiger partial charge in [-0.1, -0.05) is 35.9 Å². The molecule has 1 aromatic heterocycles. The van der Waals surface area contributed by atoms with Gasteiger partial charge in [0.05, 0.1) is 30.5 Å². The molecule has 0 aliphatic rings. The van der Waals surface area contributed by atoms with Crippen molar-refractivity contribution in [2.45, 2.75) is 12.7 Å². The lowest BCUT2D eigenvalue weighted by Crippen LogP contribution is -2.17. The van der Waals surface area contributed by atoms with Crippen LogP contribution in [0.3, 0.4) is 0 Å². The van der Waals surface area contributed by atoms with Crippen molar-refractivity contribution in [3.05, 3.63) is 99.9 Å². The summed E-state index contributed by atoms with van der Waals surface area (Å²) in [6.45, 7) is 0.334. The van der Waals surface area contributed by atoms with Gasteiger partial charge in [-0.25, -0.2) is 9.78 Å². The number of aromatic nitrogens is 1. The van der Waals surface area contributed by atoms with E-state index in [1.807, 2.05) is 22.4 Å². The maximum atomic E-state index is 13.1. The number of alkyl halides is 3. The number of carbonyl (C=O) groups excluding carboxylic acids is 1. The van der Waals surface area contributed by atoms with Crippen LogP contribution in [-0.2, 0) is 17.5 Å². The van der Waals surface area contributed by atoms with Crippen LogP contribution < -0.4 is 4.90 Å². The second-order valence-corrected chi connectivity index (χ2v) is 8.61. The first-order valence-corrected chi connectivity index (χ1v) is 11.3. The smallest absolute Gasteiger partial charge is 0.416 e. The van der Waals surface area contributed by atoms with Crippen LogP contribution in [0.2, 0.25) is 5.02 Å². The van der Waals surface area contributed by atoms with E-state index in [2.05, 4.69) is 0 Å². The van der Waals surface area contributed by atoms with Crippen LogP contribution in [-0.4, -0.2) is 18.1 Å². The molecule has 0 aliphatic carbocycles. The quantitative estimate of drug-likeness (QED) is 0.254. The molecule has 0 aliphatic heterocycles. The van der Waals surface area contributed by atoms with E-state index in [1.165, 1.54) is 30.6 Å². The van der Waals surface area contributed by atoms with Gasteiger partial charge in [-0.05, 0) is 54.1 Å². The second-order valence-electron chi connectivity index (χ2n) is 7.34. The van der Waals surface area contributed by atoms with Gasteiger partial charge in [0, 0.05) is 21.7 Å². The molecule has 4 rings (SSSR count). The third-order valence-corrected chi connectivity index (χ3v) is 6.20. The summed E-state index contributed by atoms with van der Waals surface area (Å²) in [6.07, 6.45) is -4.42. The van der Waals surface area contributed by atoms with Crippen LogP contribution in [0.15, 0.2) is 78.2 Å². The summed E-state index contributed by atoms with van der Waals surface area (Å²) in [7, 11) is 1.31. The van der Waals surface area contributed by atoms with Gasteiger partial charge in [0.25, 0.3) is 0 Å². The van der Waals surface area contributed by atoms with Gasteiger partial charge in [0.15, 0.2) is 5.13 Å². The molecule has 9 heteroatoms. The van der Waals surface area contributed by atoms with Gasteiger partial charge < -0.3 is 9.64 Å². The van der Waals surface area contributed by atoms with Crippen molar-refractivity contribution < 1.29 is 22.7 Å².